The molecule has 4 heterocycles. The highest BCUT2D eigenvalue weighted by molar-refractivity contribution is 7.09. The van der Waals surface area contributed by atoms with Crippen LogP contribution in [-0.2, 0) is 0 Å². The molecular formula is C18H16N6S. The summed E-state index contributed by atoms with van der Waals surface area (Å²) in [5.41, 5.74) is 3.63. The van der Waals surface area contributed by atoms with Crippen LogP contribution in [0.15, 0.2) is 36.1 Å². The van der Waals surface area contributed by atoms with Crippen LogP contribution in [0.1, 0.15) is 16.5 Å². The molecule has 25 heavy (non-hydrogen) atoms. The number of pyridine rings is 2. The quantitative estimate of drug-likeness (QED) is 0.597. The average Bonchev–Trinajstić information content (AvgIpc) is 3.01. The number of nitrogens with one attached hydrogen (secondary N) is 1. The maximum atomic E-state index is 4.69. The molecular weight excluding hydrogens is 332 g/mol. The highest BCUT2D eigenvalue weighted by Crippen LogP contribution is 2.31. The Kier molecular flexibility index (Phi) is 3.85. The summed E-state index contributed by atoms with van der Waals surface area (Å²) in [5, 5.41) is 7.26. The van der Waals surface area contributed by atoms with E-state index in [4.69, 9.17) is 4.98 Å². The molecule has 4 rings (SSSR count). The van der Waals surface area contributed by atoms with Gasteiger partial charge >= 0.3 is 0 Å². The van der Waals surface area contributed by atoms with Gasteiger partial charge in [-0.05, 0) is 26.8 Å². The summed E-state index contributed by atoms with van der Waals surface area (Å²) in [6.45, 7) is 5.82. The minimum Gasteiger partial charge on any atom is -0.322 e. The second-order valence-electron chi connectivity index (χ2n) is 5.76. The molecule has 7 heteroatoms. The maximum Gasteiger partial charge on any atom is 0.158 e. The van der Waals surface area contributed by atoms with Gasteiger partial charge < -0.3 is 5.32 Å². The van der Waals surface area contributed by atoms with E-state index in [1.807, 2.05) is 50.8 Å². The van der Waals surface area contributed by atoms with Crippen LogP contribution in [0.25, 0.3) is 22.0 Å². The molecule has 0 radical (unpaired) electrons. The SMILES string of the molecule is Cc1ccc2c(-c3cnc(C)nc3)cnc(Nc3csc(C)n3)c2n1. The summed E-state index contributed by atoms with van der Waals surface area (Å²) in [6, 6.07) is 4.06. The molecule has 4 aromatic heterocycles. The lowest BCUT2D eigenvalue weighted by molar-refractivity contribution is 1.06. The van der Waals surface area contributed by atoms with E-state index in [1.54, 1.807) is 11.3 Å². The van der Waals surface area contributed by atoms with Crippen molar-refractivity contribution in [3.63, 3.8) is 0 Å². The van der Waals surface area contributed by atoms with Crippen molar-refractivity contribution in [2.75, 3.05) is 5.32 Å². The molecule has 1 N–H and O–H groups in total. The summed E-state index contributed by atoms with van der Waals surface area (Å²) >= 11 is 1.60. The van der Waals surface area contributed by atoms with Gasteiger partial charge in [-0.25, -0.2) is 24.9 Å². The first-order chi connectivity index (χ1) is 12.1. The standard InChI is InChI=1S/C18H16N6S/c1-10-4-5-14-15(13-6-19-11(2)20-7-13)8-21-18(17(14)22-10)24-16-9-25-12(3)23-16/h4-9H,1-3H3,(H,21,24). The predicted octanol–water partition coefficient (Wildman–Crippen LogP) is 4.21. The third kappa shape index (κ3) is 3.06. The number of hydrogen-bond acceptors (Lipinski definition) is 7. The van der Waals surface area contributed by atoms with Crippen LogP contribution in [0.5, 0.6) is 0 Å². The zero-order valence-electron chi connectivity index (χ0n) is 14.1. The van der Waals surface area contributed by atoms with Crippen molar-refractivity contribution < 1.29 is 0 Å². The van der Waals surface area contributed by atoms with Gasteiger partial charge in [0.1, 0.15) is 17.2 Å². The molecule has 6 nitrogen and oxygen atoms in total. The Labute approximate surface area is 149 Å². The summed E-state index contributed by atoms with van der Waals surface area (Å²) in [4.78, 5) is 22.3. The molecule has 4 aromatic rings. The Morgan fingerprint density at radius 2 is 1.72 bits per heavy atom. The number of anilines is 2. The summed E-state index contributed by atoms with van der Waals surface area (Å²) in [5.74, 6) is 2.22. The van der Waals surface area contributed by atoms with Gasteiger partial charge in [0.05, 0.1) is 5.01 Å². The van der Waals surface area contributed by atoms with Gasteiger partial charge in [0.25, 0.3) is 0 Å². The van der Waals surface area contributed by atoms with Crippen LogP contribution in [0.4, 0.5) is 11.6 Å². The van der Waals surface area contributed by atoms with E-state index in [0.29, 0.717) is 5.82 Å². The van der Waals surface area contributed by atoms with Crippen LogP contribution < -0.4 is 5.32 Å². The molecule has 0 atom stereocenters. The third-order valence-electron chi connectivity index (χ3n) is 3.83. The number of aromatic nitrogens is 5. The van der Waals surface area contributed by atoms with Crippen molar-refractivity contribution in [1.29, 1.82) is 0 Å². The smallest absolute Gasteiger partial charge is 0.158 e. The van der Waals surface area contributed by atoms with Crippen LogP contribution in [-0.4, -0.2) is 24.9 Å². The zero-order valence-corrected chi connectivity index (χ0v) is 14.9. The molecule has 0 aliphatic rings. The molecule has 0 aromatic carbocycles. The second kappa shape index (κ2) is 6.18. The van der Waals surface area contributed by atoms with Crippen LogP contribution in [0.2, 0.25) is 0 Å². The maximum absolute atomic E-state index is 4.69. The van der Waals surface area contributed by atoms with Crippen molar-refractivity contribution in [2.24, 2.45) is 0 Å². The molecule has 124 valence electrons. The average molecular weight is 348 g/mol. The van der Waals surface area contributed by atoms with Gasteiger partial charge in [-0.1, -0.05) is 6.07 Å². The Hall–Kier alpha value is -2.93. The number of aryl methyl sites for hydroxylation is 3. The van der Waals surface area contributed by atoms with Crippen molar-refractivity contribution in [3.05, 3.63) is 52.6 Å². The van der Waals surface area contributed by atoms with E-state index in [2.05, 4.69) is 31.3 Å². The minimum atomic E-state index is 0.695. The van der Waals surface area contributed by atoms with Gasteiger partial charge in [-0.15, -0.1) is 11.3 Å². The molecule has 0 aliphatic heterocycles. The fourth-order valence-corrected chi connectivity index (χ4v) is 3.15. The number of thiazole rings is 1. The largest absolute Gasteiger partial charge is 0.322 e. The number of nitrogens with zero attached hydrogens (tertiary/aromatic N) is 5. The molecule has 0 bridgehead atoms. The topological polar surface area (TPSA) is 76.5 Å². The van der Waals surface area contributed by atoms with E-state index in [9.17, 15) is 0 Å². The predicted molar refractivity (Wildman–Crippen MR) is 100 cm³/mol. The summed E-state index contributed by atoms with van der Waals surface area (Å²) < 4.78 is 0. The third-order valence-corrected chi connectivity index (χ3v) is 4.60. The van der Waals surface area contributed by atoms with E-state index in [1.165, 1.54) is 0 Å². The first-order valence-corrected chi connectivity index (χ1v) is 8.72. The van der Waals surface area contributed by atoms with E-state index in [-0.39, 0.29) is 0 Å². The molecule has 0 fully saturated rings. The minimum absolute atomic E-state index is 0.695. The second-order valence-corrected chi connectivity index (χ2v) is 6.83. The van der Waals surface area contributed by atoms with Crippen LogP contribution in [0.3, 0.4) is 0 Å². The zero-order chi connectivity index (χ0) is 17.4. The van der Waals surface area contributed by atoms with Crippen LogP contribution in [0, 0.1) is 20.8 Å². The van der Waals surface area contributed by atoms with Crippen molar-refractivity contribution >= 4 is 33.9 Å². The molecule has 0 amide bonds. The fourth-order valence-electron chi connectivity index (χ4n) is 2.61. The van der Waals surface area contributed by atoms with E-state index in [0.717, 1.165) is 44.4 Å². The first kappa shape index (κ1) is 15.6. The van der Waals surface area contributed by atoms with Gasteiger partial charge in [0.15, 0.2) is 5.82 Å². The Balaban J connectivity index is 1.87. The van der Waals surface area contributed by atoms with Gasteiger partial charge in [-0.3, -0.25) is 0 Å². The number of hydrogen-bond donors (Lipinski definition) is 1. The normalized spacial score (nSPS) is 11.0. The monoisotopic (exact) mass is 348 g/mol. The van der Waals surface area contributed by atoms with E-state index < -0.39 is 0 Å². The highest BCUT2D eigenvalue weighted by Gasteiger charge is 2.12. The Morgan fingerprint density at radius 1 is 0.920 bits per heavy atom. The Morgan fingerprint density at radius 3 is 2.44 bits per heavy atom. The number of fused-ring (bicyclic) bond motifs is 1. The van der Waals surface area contributed by atoms with E-state index >= 15 is 0 Å². The highest BCUT2D eigenvalue weighted by atomic mass is 32.1. The molecule has 0 unspecified atom stereocenters. The van der Waals surface area contributed by atoms with Crippen molar-refractivity contribution in [1.82, 2.24) is 24.9 Å². The van der Waals surface area contributed by atoms with Crippen molar-refractivity contribution in [3.8, 4) is 11.1 Å². The van der Waals surface area contributed by atoms with Crippen LogP contribution >= 0.6 is 11.3 Å². The molecule has 0 spiro atoms. The Bertz CT molecular complexity index is 1060. The molecule has 0 saturated carbocycles. The number of rotatable bonds is 3. The van der Waals surface area contributed by atoms with Gasteiger partial charge in [0.2, 0.25) is 0 Å². The summed E-state index contributed by atoms with van der Waals surface area (Å²) in [7, 11) is 0. The van der Waals surface area contributed by atoms with Crippen molar-refractivity contribution in [2.45, 2.75) is 20.8 Å². The lowest BCUT2D eigenvalue weighted by Gasteiger charge is -2.11. The lowest BCUT2D eigenvalue weighted by Crippen LogP contribution is -1.99. The lowest BCUT2D eigenvalue weighted by atomic mass is 10.1. The fraction of sp³-hybridized carbons (Fsp3) is 0.167. The van der Waals surface area contributed by atoms with Gasteiger partial charge in [-0.2, -0.15) is 0 Å². The van der Waals surface area contributed by atoms with Gasteiger partial charge in [0, 0.05) is 46.2 Å². The summed E-state index contributed by atoms with van der Waals surface area (Å²) in [6.07, 6.45) is 5.46. The first-order valence-electron chi connectivity index (χ1n) is 7.85. The molecule has 0 aliphatic carbocycles. The molecule has 0 saturated heterocycles.